The molecule has 1 saturated carbocycles. The van der Waals surface area contributed by atoms with Crippen molar-refractivity contribution in [2.75, 3.05) is 19.0 Å². The highest BCUT2D eigenvalue weighted by molar-refractivity contribution is 5.94. The molecule has 28 heavy (non-hydrogen) atoms. The Hall–Kier alpha value is -3.42. The van der Waals surface area contributed by atoms with E-state index in [-0.39, 0.29) is 36.6 Å². The van der Waals surface area contributed by atoms with Gasteiger partial charge in [-0.15, -0.1) is 0 Å². The number of likely N-dealkylation sites (N-methyl/N-ethyl adjacent to an activating group) is 1. The second-order valence-corrected chi connectivity index (χ2v) is 6.76. The number of amides is 2. The molecule has 3 rings (SSSR count). The van der Waals surface area contributed by atoms with Gasteiger partial charge in [0.1, 0.15) is 5.75 Å². The third kappa shape index (κ3) is 5.29. The third-order valence-corrected chi connectivity index (χ3v) is 4.38. The highest BCUT2D eigenvalue weighted by atomic mass is 16.6. The quantitative estimate of drug-likeness (QED) is 0.558. The summed E-state index contributed by atoms with van der Waals surface area (Å²) in [5.74, 6) is 0.322. The van der Waals surface area contributed by atoms with Crippen molar-refractivity contribution in [2.45, 2.75) is 19.4 Å². The van der Waals surface area contributed by atoms with Gasteiger partial charge in [-0.2, -0.15) is 0 Å². The van der Waals surface area contributed by atoms with Gasteiger partial charge in [0, 0.05) is 43.4 Å². The van der Waals surface area contributed by atoms with E-state index in [9.17, 15) is 19.7 Å². The molecule has 1 fully saturated rings. The molecule has 0 aliphatic heterocycles. The number of nitrogens with zero attached hydrogens (tertiary/aromatic N) is 2. The monoisotopic (exact) mass is 383 g/mol. The Morgan fingerprint density at radius 2 is 1.96 bits per heavy atom. The van der Waals surface area contributed by atoms with Gasteiger partial charge in [-0.25, -0.2) is 0 Å². The molecule has 0 radical (unpaired) electrons. The number of non-ortho nitro benzene ring substituents is 1. The summed E-state index contributed by atoms with van der Waals surface area (Å²) in [7, 11) is 1.61. The lowest BCUT2D eigenvalue weighted by Crippen LogP contribution is -2.31. The van der Waals surface area contributed by atoms with Gasteiger partial charge in [-0.3, -0.25) is 19.7 Å². The van der Waals surface area contributed by atoms with Gasteiger partial charge in [-0.1, -0.05) is 18.2 Å². The van der Waals surface area contributed by atoms with Crippen LogP contribution >= 0.6 is 0 Å². The normalized spacial score (nSPS) is 12.9. The van der Waals surface area contributed by atoms with Gasteiger partial charge in [0.2, 0.25) is 5.91 Å². The molecular weight excluding hydrogens is 362 g/mol. The van der Waals surface area contributed by atoms with Crippen molar-refractivity contribution in [3.63, 3.8) is 0 Å². The molecule has 1 aliphatic rings. The zero-order chi connectivity index (χ0) is 20.1. The molecular formula is C20H21N3O5. The van der Waals surface area contributed by atoms with Crippen molar-refractivity contribution in [2.24, 2.45) is 5.92 Å². The number of ether oxygens (including phenoxy) is 1. The molecule has 0 unspecified atom stereocenters. The van der Waals surface area contributed by atoms with E-state index in [1.165, 1.54) is 17.0 Å². The fourth-order valence-electron chi connectivity index (χ4n) is 2.64. The number of carbonyl (C=O) groups is 2. The van der Waals surface area contributed by atoms with Crippen LogP contribution in [0.4, 0.5) is 11.4 Å². The molecule has 0 saturated heterocycles. The molecule has 2 amide bonds. The Morgan fingerprint density at radius 3 is 2.68 bits per heavy atom. The molecule has 1 N–H and O–H groups in total. The molecule has 1 aliphatic carbocycles. The number of carbonyl (C=O) groups excluding carboxylic acids is 2. The first-order valence-corrected chi connectivity index (χ1v) is 8.93. The van der Waals surface area contributed by atoms with Crippen LogP contribution in [0.3, 0.4) is 0 Å². The SMILES string of the molecule is CN(Cc1cccc([N+](=O)[O-])c1)C(=O)COc1cccc(NC(=O)C2CC2)c1. The van der Waals surface area contributed by atoms with Crippen LogP contribution in [0.1, 0.15) is 18.4 Å². The molecule has 146 valence electrons. The lowest BCUT2D eigenvalue weighted by molar-refractivity contribution is -0.384. The summed E-state index contributed by atoms with van der Waals surface area (Å²) in [6, 6.07) is 13.1. The number of nitrogens with one attached hydrogen (secondary N) is 1. The zero-order valence-electron chi connectivity index (χ0n) is 15.5. The lowest BCUT2D eigenvalue weighted by atomic mass is 10.2. The first kappa shape index (κ1) is 19.3. The molecule has 0 bridgehead atoms. The molecule has 0 heterocycles. The fourth-order valence-corrected chi connectivity index (χ4v) is 2.64. The highest BCUT2D eigenvalue weighted by Crippen LogP contribution is 2.30. The van der Waals surface area contributed by atoms with Crippen LogP contribution < -0.4 is 10.1 Å². The minimum Gasteiger partial charge on any atom is -0.484 e. The smallest absolute Gasteiger partial charge is 0.269 e. The third-order valence-electron chi connectivity index (χ3n) is 4.38. The second-order valence-electron chi connectivity index (χ2n) is 6.76. The largest absolute Gasteiger partial charge is 0.484 e. The molecule has 2 aromatic rings. The number of anilines is 1. The van der Waals surface area contributed by atoms with E-state index in [1.54, 1.807) is 43.4 Å². The van der Waals surface area contributed by atoms with E-state index in [4.69, 9.17) is 4.74 Å². The van der Waals surface area contributed by atoms with Gasteiger partial charge in [0.25, 0.3) is 11.6 Å². The Labute approximate surface area is 162 Å². The van der Waals surface area contributed by atoms with Crippen LogP contribution in [-0.4, -0.2) is 35.3 Å². The van der Waals surface area contributed by atoms with Crippen molar-refractivity contribution in [3.8, 4) is 5.75 Å². The number of nitro groups is 1. The minimum absolute atomic E-state index is 0.00455. The van der Waals surface area contributed by atoms with E-state index in [0.29, 0.717) is 17.0 Å². The summed E-state index contributed by atoms with van der Waals surface area (Å²) in [6.07, 6.45) is 1.85. The summed E-state index contributed by atoms with van der Waals surface area (Å²) in [6.45, 7) is 0.0623. The van der Waals surface area contributed by atoms with Crippen LogP contribution in [0.2, 0.25) is 0 Å². The molecule has 0 spiro atoms. The lowest BCUT2D eigenvalue weighted by Gasteiger charge is -2.17. The van der Waals surface area contributed by atoms with E-state index >= 15 is 0 Å². The average molecular weight is 383 g/mol. The predicted octanol–water partition coefficient (Wildman–Crippen LogP) is 2.98. The van der Waals surface area contributed by atoms with Crippen LogP contribution in [0.25, 0.3) is 0 Å². The van der Waals surface area contributed by atoms with Crippen molar-refractivity contribution in [3.05, 3.63) is 64.2 Å². The summed E-state index contributed by atoms with van der Waals surface area (Å²) < 4.78 is 5.54. The van der Waals surface area contributed by atoms with Crippen molar-refractivity contribution >= 4 is 23.2 Å². The first-order valence-electron chi connectivity index (χ1n) is 8.93. The van der Waals surface area contributed by atoms with Crippen molar-refractivity contribution in [1.29, 1.82) is 0 Å². The van der Waals surface area contributed by atoms with Gasteiger partial charge < -0.3 is 15.0 Å². The molecule has 8 nitrogen and oxygen atoms in total. The van der Waals surface area contributed by atoms with Crippen LogP contribution in [0.15, 0.2) is 48.5 Å². The summed E-state index contributed by atoms with van der Waals surface area (Å²) in [5, 5.41) is 13.7. The highest BCUT2D eigenvalue weighted by Gasteiger charge is 2.29. The molecule has 2 aromatic carbocycles. The maximum atomic E-state index is 12.3. The van der Waals surface area contributed by atoms with Gasteiger partial charge in [0.05, 0.1) is 4.92 Å². The maximum absolute atomic E-state index is 12.3. The van der Waals surface area contributed by atoms with Gasteiger partial charge in [-0.05, 0) is 30.5 Å². The number of hydrogen-bond donors (Lipinski definition) is 1. The maximum Gasteiger partial charge on any atom is 0.269 e. The standard InChI is InChI=1S/C20H21N3O5/c1-22(12-14-4-2-6-17(10-14)23(26)27)19(24)13-28-18-7-3-5-16(11-18)21-20(25)15-8-9-15/h2-7,10-11,15H,8-9,12-13H2,1H3,(H,21,25). The van der Waals surface area contributed by atoms with Crippen LogP contribution in [0.5, 0.6) is 5.75 Å². The molecule has 0 aromatic heterocycles. The van der Waals surface area contributed by atoms with E-state index < -0.39 is 4.92 Å². The second kappa shape index (κ2) is 8.51. The Balaban J connectivity index is 1.52. The number of nitro benzene ring substituents is 1. The summed E-state index contributed by atoms with van der Waals surface area (Å²) >= 11 is 0. The van der Waals surface area contributed by atoms with Crippen LogP contribution in [-0.2, 0) is 16.1 Å². The van der Waals surface area contributed by atoms with Crippen LogP contribution in [0, 0.1) is 16.0 Å². The molecule has 8 heteroatoms. The minimum atomic E-state index is -0.469. The van der Waals surface area contributed by atoms with Gasteiger partial charge in [0.15, 0.2) is 6.61 Å². The Morgan fingerprint density at radius 1 is 1.21 bits per heavy atom. The Kier molecular flexibility index (Phi) is 5.88. The van der Waals surface area contributed by atoms with E-state index in [0.717, 1.165) is 12.8 Å². The topological polar surface area (TPSA) is 102 Å². The predicted molar refractivity (Wildman–Crippen MR) is 103 cm³/mol. The van der Waals surface area contributed by atoms with E-state index in [1.807, 2.05) is 0 Å². The van der Waals surface area contributed by atoms with Gasteiger partial charge >= 0.3 is 0 Å². The van der Waals surface area contributed by atoms with Crippen molar-refractivity contribution in [1.82, 2.24) is 4.90 Å². The number of hydrogen-bond acceptors (Lipinski definition) is 5. The van der Waals surface area contributed by atoms with E-state index in [2.05, 4.69) is 5.32 Å². The zero-order valence-corrected chi connectivity index (χ0v) is 15.5. The van der Waals surface area contributed by atoms with Crippen molar-refractivity contribution < 1.29 is 19.2 Å². The Bertz CT molecular complexity index is 895. The first-order chi connectivity index (χ1) is 13.4. The summed E-state index contributed by atoms with van der Waals surface area (Å²) in [4.78, 5) is 35.9. The summed E-state index contributed by atoms with van der Waals surface area (Å²) in [5.41, 5.74) is 1.28. The number of rotatable bonds is 8. The average Bonchev–Trinajstić information content (AvgIpc) is 3.52. The number of benzene rings is 2. The fraction of sp³-hybridized carbons (Fsp3) is 0.300. The molecule has 0 atom stereocenters.